The molecule has 152 valence electrons. The Kier molecular flexibility index (Phi) is 4.28. The zero-order valence-electron chi connectivity index (χ0n) is 16.3. The molecule has 0 bridgehead atoms. The van der Waals surface area contributed by atoms with Gasteiger partial charge in [0, 0.05) is 30.4 Å². The highest BCUT2D eigenvalue weighted by Gasteiger charge is 2.17. The molecule has 0 aliphatic carbocycles. The monoisotopic (exact) mass is 414 g/mol. The van der Waals surface area contributed by atoms with E-state index >= 15 is 0 Å². The summed E-state index contributed by atoms with van der Waals surface area (Å²) in [5.41, 5.74) is 5.75. The van der Waals surface area contributed by atoms with Crippen molar-refractivity contribution >= 4 is 22.5 Å². The Bertz CT molecular complexity index is 1510. The van der Waals surface area contributed by atoms with E-state index in [-0.39, 0.29) is 11.2 Å². The van der Waals surface area contributed by atoms with Crippen molar-refractivity contribution in [3.05, 3.63) is 94.7 Å². The third kappa shape index (κ3) is 3.12. The minimum Gasteiger partial charge on any atom is -0.267 e. The number of aryl methyl sites for hydroxylation is 1. The summed E-state index contributed by atoms with van der Waals surface area (Å²) < 4.78 is 16.0. The van der Waals surface area contributed by atoms with Gasteiger partial charge < -0.3 is 0 Å². The van der Waals surface area contributed by atoms with Gasteiger partial charge in [-0.15, -0.1) is 0 Å². The Labute approximate surface area is 174 Å². The summed E-state index contributed by atoms with van der Waals surface area (Å²) in [6.07, 6.45) is 5.89. The Morgan fingerprint density at radius 3 is 2.65 bits per heavy atom. The van der Waals surface area contributed by atoms with Gasteiger partial charge in [0.05, 0.1) is 22.2 Å². The van der Waals surface area contributed by atoms with E-state index in [2.05, 4.69) is 20.5 Å². The summed E-state index contributed by atoms with van der Waals surface area (Å²) in [6.45, 7) is 1.83. The molecule has 0 spiro atoms. The predicted octanol–water partition coefficient (Wildman–Crippen LogP) is 2.94. The molecule has 0 atom stereocenters. The van der Waals surface area contributed by atoms with E-state index in [1.165, 1.54) is 30.7 Å². The van der Waals surface area contributed by atoms with Gasteiger partial charge in [0.1, 0.15) is 5.82 Å². The molecule has 5 rings (SSSR count). The number of aromatic nitrogens is 5. The van der Waals surface area contributed by atoms with Crippen LogP contribution >= 0.6 is 0 Å². The average molecular weight is 414 g/mol. The van der Waals surface area contributed by atoms with E-state index in [0.29, 0.717) is 22.4 Å². The molecule has 1 N–H and O–H groups in total. The number of amides is 1. The van der Waals surface area contributed by atoms with Crippen molar-refractivity contribution < 1.29 is 9.18 Å². The number of benzene rings is 1. The van der Waals surface area contributed by atoms with Gasteiger partial charge in [-0.3, -0.25) is 20.0 Å². The minimum absolute atomic E-state index is 0.287. The fraction of sp³-hybridized carbons (Fsp3) is 0.0455. The number of nitrogens with zero attached hydrogens (tertiary/aromatic N) is 5. The number of halogens is 1. The zero-order chi connectivity index (χ0) is 21.5. The molecule has 0 aliphatic rings. The lowest BCUT2D eigenvalue weighted by Gasteiger charge is -2.09. The first-order chi connectivity index (χ1) is 15.0. The number of carbonyl (C=O) groups excluding carboxylic acids is 1. The molecular weight excluding hydrogens is 399 g/mol. The number of fused-ring (bicyclic) bond motifs is 3. The van der Waals surface area contributed by atoms with Gasteiger partial charge in [-0.25, -0.2) is 18.6 Å². The molecule has 4 heterocycles. The SMILES string of the molecule is Cc1nn2c(ncc3c(=O)n(NC(=O)c4cccnc4)ccc32)c1-c1ccc(F)cc1. The molecule has 31 heavy (non-hydrogen) atoms. The first-order valence-electron chi connectivity index (χ1n) is 9.40. The van der Waals surface area contributed by atoms with E-state index in [4.69, 9.17) is 0 Å². The van der Waals surface area contributed by atoms with E-state index in [9.17, 15) is 14.0 Å². The van der Waals surface area contributed by atoms with Crippen molar-refractivity contribution in [1.29, 1.82) is 0 Å². The fourth-order valence-electron chi connectivity index (χ4n) is 3.49. The van der Waals surface area contributed by atoms with Gasteiger partial charge in [-0.1, -0.05) is 12.1 Å². The highest BCUT2D eigenvalue weighted by molar-refractivity contribution is 5.99. The Hall–Kier alpha value is -4.40. The number of hydrogen-bond donors (Lipinski definition) is 1. The van der Waals surface area contributed by atoms with Crippen LogP contribution in [0, 0.1) is 12.7 Å². The molecule has 9 heteroatoms. The van der Waals surface area contributed by atoms with Crippen molar-refractivity contribution in [3.8, 4) is 11.1 Å². The van der Waals surface area contributed by atoms with Gasteiger partial charge in [0.15, 0.2) is 5.65 Å². The number of carbonyl (C=O) groups is 1. The maximum atomic E-state index is 13.3. The van der Waals surface area contributed by atoms with Gasteiger partial charge >= 0.3 is 0 Å². The van der Waals surface area contributed by atoms with Gasteiger partial charge in [0.25, 0.3) is 11.5 Å². The van der Waals surface area contributed by atoms with Crippen molar-refractivity contribution in [2.24, 2.45) is 0 Å². The van der Waals surface area contributed by atoms with E-state index in [1.54, 1.807) is 41.0 Å². The number of hydrogen-bond acceptors (Lipinski definition) is 5. The van der Waals surface area contributed by atoms with Crippen LogP contribution in [-0.4, -0.2) is 30.2 Å². The van der Waals surface area contributed by atoms with Gasteiger partial charge in [-0.05, 0) is 42.8 Å². The highest BCUT2D eigenvalue weighted by Crippen LogP contribution is 2.28. The molecule has 5 aromatic rings. The van der Waals surface area contributed by atoms with E-state index < -0.39 is 11.5 Å². The smallest absolute Gasteiger partial charge is 0.267 e. The summed E-state index contributed by atoms with van der Waals surface area (Å²) in [6, 6.07) is 11.0. The lowest BCUT2D eigenvalue weighted by atomic mass is 10.1. The summed E-state index contributed by atoms with van der Waals surface area (Å²) in [4.78, 5) is 33.7. The third-order valence-electron chi connectivity index (χ3n) is 4.97. The second-order valence-electron chi connectivity index (χ2n) is 6.93. The molecule has 0 saturated heterocycles. The lowest BCUT2D eigenvalue weighted by molar-refractivity contribution is 0.101. The Morgan fingerprint density at radius 2 is 1.90 bits per heavy atom. The van der Waals surface area contributed by atoms with E-state index in [0.717, 1.165) is 15.8 Å². The van der Waals surface area contributed by atoms with Gasteiger partial charge in [0.2, 0.25) is 0 Å². The summed E-state index contributed by atoms with van der Waals surface area (Å²) in [5, 5.41) is 4.82. The van der Waals surface area contributed by atoms with Crippen LogP contribution < -0.4 is 11.0 Å². The second kappa shape index (κ2) is 7.13. The van der Waals surface area contributed by atoms with Crippen molar-refractivity contribution in [1.82, 2.24) is 24.3 Å². The maximum Gasteiger partial charge on any atom is 0.280 e. The number of pyridine rings is 2. The average Bonchev–Trinajstić information content (AvgIpc) is 3.13. The standard InChI is InChI=1S/C22H15FN6O2/c1-13-19(14-4-6-16(23)7-5-14)20-25-12-17-18(29(20)26-13)8-10-28(22(17)31)27-21(30)15-3-2-9-24-11-15/h2-12H,1H3,(H,27,30). The first-order valence-corrected chi connectivity index (χ1v) is 9.40. The lowest BCUT2D eigenvalue weighted by Crippen LogP contribution is -2.33. The Morgan fingerprint density at radius 1 is 1.10 bits per heavy atom. The van der Waals surface area contributed by atoms with Crippen molar-refractivity contribution in [3.63, 3.8) is 0 Å². The largest absolute Gasteiger partial charge is 0.280 e. The molecule has 8 nitrogen and oxygen atoms in total. The predicted molar refractivity (Wildman–Crippen MR) is 113 cm³/mol. The second-order valence-corrected chi connectivity index (χ2v) is 6.93. The van der Waals surface area contributed by atoms with Crippen molar-refractivity contribution in [2.45, 2.75) is 6.92 Å². The first kappa shape index (κ1) is 18.6. The van der Waals surface area contributed by atoms with Crippen LogP contribution in [0.1, 0.15) is 16.1 Å². The molecule has 4 aromatic heterocycles. The van der Waals surface area contributed by atoms with Crippen LogP contribution in [0.15, 0.2) is 72.0 Å². The normalized spacial score (nSPS) is 11.2. The summed E-state index contributed by atoms with van der Waals surface area (Å²) >= 11 is 0. The molecule has 1 aromatic carbocycles. The Balaban J connectivity index is 1.61. The van der Waals surface area contributed by atoms with Crippen LogP contribution in [0.25, 0.3) is 27.7 Å². The number of rotatable bonds is 3. The minimum atomic E-state index is -0.461. The molecule has 0 radical (unpaired) electrons. The molecule has 0 saturated carbocycles. The quantitative estimate of drug-likeness (QED) is 0.490. The van der Waals surface area contributed by atoms with Crippen LogP contribution in [0.5, 0.6) is 0 Å². The van der Waals surface area contributed by atoms with Crippen LogP contribution in [0.4, 0.5) is 4.39 Å². The fourth-order valence-corrected chi connectivity index (χ4v) is 3.49. The van der Waals surface area contributed by atoms with Gasteiger partial charge in [-0.2, -0.15) is 5.10 Å². The summed E-state index contributed by atoms with van der Waals surface area (Å²) in [5.74, 6) is -0.790. The third-order valence-corrected chi connectivity index (χ3v) is 4.97. The zero-order valence-corrected chi connectivity index (χ0v) is 16.3. The van der Waals surface area contributed by atoms with Crippen LogP contribution in [0.3, 0.4) is 0 Å². The van der Waals surface area contributed by atoms with Crippen LogP contribution in [-0.2, 0) is 0 Å². The van der Waals surface area contributed by atoms with Crippen LogP contribution in [0.2, 0.25) is 0 Å². The topological polar surface area (TPSA) is 94.2 Å². The highest BCUT2D eigenvalue weighted by atomic mass is 19.1. The van der Waals surface area contributed by atoms with E-state index in [1.807, 2.05) is 6.92 Å². The summed E-state index contributed by atoms with van der Waals surface area (Å²) in [7, 11) is 0. The van der Waals surface area contributed by atoms with Crippen molar-refractivity contribution in [2.75, 3.05) is 5.43 Å². The molecule has 0 unspecified atom stereocenters. The molecule has 0 aliphatic heterocycles. The molecular formula is C22H15FN6O2. The number of nitrogens with one attached hydrogen (secondary N) is 1. The molecule has 1 amide bonds. The maximum absolute atomic E-state index is 13.3. The molecule has 0 fully saturated rings.